The van der Waals surface area contributed by atoms with Gasteiger partial charge in [0.05, 0.1) is 0 Å². The standard InChI is InChI=1S/C17H27ClN2/c1-17(2)9-7-14(8-10-17)20(4)15-6-5-13(12-19-3)16(18)11-15/h5-6,11,14,19H,7-10,12H2,1-4H3. The van der Waals surface area contributed by atoms with Crippen LogP contribution in [0.3, 0.4) is 0 Å². The molecule has 1 fully saturated rings. The normalized spacial score (nSPS) is 19.1. The first-order chi connectivity index (χ1) is 9.43. The van der Waals surface area contributed by atoms with Crippen molar-refractivity contribution in [2.45, 2.75) is 52.1 Å². The number of anilines is 1. The molecule has 3 heteroatoms. The topological polar surface area (TPSA) is 15.3 Å². The molecule has 1 saturated carbocycles. The lowest BCUT2D eigenvalue weighted by Gasteiger charge is -2.39. The Hall–Kier alpha value is -0.730. The van der Waals surface area contributed by atoms with Gasteiger partial charge in [0.15, 0.2) is 0 Å². The van der Waals surface area contributed by atoms with Crippen LogP contribution in [0.1, 0.15) is 45.1 Å². The number of benzene rings is 1. The number of rotatable bonds is 4. The molecular weight excluding hydrogens is 268 g/mol. The average molecular weight is 295 g/mol. The number of hydrogen-bond acceptors (Lipinski definition) is 2. The van der Waals surface area contributed by atoms with Crippen molar-refractivity contribution in [3.63, 3.8) is 0 Å². The summed E-state index contributed by atoms with van der Waals surface area (Å²) in [5.41, 5.74) is 2.92. The fourth-order valence-corrected chi connectivity index (χ4v) is 3.31. The highest BCUT2D eigenvalue weighted by molar-refractivity contribution is 6.31. The molecule has 0 radical (unpaired) electrons. The predicted molar refractivity (Wildman–Crippen MR) is 88.7 cm³/mol. The molecule has 1 aromatic carbocycles. The third kappa shape index (κ3) is 3.67. The summed E-state index contributed by atoms with van der Waals surface area (Å²) in [7, 11) is 4.15. The lowest BCUT2D eigenvalue weighted by atomic mass is 9.75. The van der Waals surface area contributed by atoms with Crippen molar-refractivity contribution in [2.24, 2.45) is 5.41 Å². The van der Waals surface area contributed by atoms with Crippen LogP contribution in [-0.4, -0.2) is 20.1 Å². The molecule has 2 nitrogen and oxygen atoms in total. The first kappa shape index (κ1) is 15.7. The molecule has 0 amide bonds. The Balaban J connectivity index is 2.06. The smallest absolute Gasteiger partial charge is 0.0471 e. The second-order valence-electron chi connectivity index (χ2n) is 6.81. The largest absolute Gasteiger partial charge is 0.372 e. The fraction of sp³-hybridized carbons (Fsp3) is 0.647. The molecule has 0 spiro atoms. The van der Waals surface area contributed by atoms with Gasteiger partial charge in [-0.25, -0.2) is 0 Å². The van der Waals surface area contributed by atoms with Crippen LogP contribution in [-0.2, 0) is 6.54 Å². The molecule has 0 aromatic heterocycles. The fourth-order valence-electron chi connectivity index (χ4n) is 3.07. The molecule has 1 aromatic rings. The van der Waals surface area contributed by atoms with E-state index < -0.39 is 0 Å². The van der Waals surface area contributed by atoms with Gasteiger partial charge in [0.25, 0.3) is 0 Å². The summed E-state index contributed by atoms with van der Waals surface area (Å²) in [6.07, 6.45) is 5.18. The number of nitrogens with one attached hydrogen (secondary N) is 1. The van der Waals surface area contributed by atoms with Crippen molar-refractivity contribution in [3.05, 3.63) is 28.8 Å². The van der Waals surface area contributed by atoms with Gasteiger partial charge >= 0.3 is 0 Å². The van der Waals surface area contributed by atoms with E-state index >= 15 is 0 Å². The summed E-state index contributed by atoms with van der Waals surface area (Å²) in [5, 5.41) is 4.01. The summed E-state index contributed by atoms with van der Waals surface area (Å²) < 4.78 is 0. The van der Waals surface area contributed by atoms with E-state index in [1.165, 1.54) is 31.4 Å². The van der Waals surface area contributed by atoms with Gasteiger partial charge in [-0.05, 0) is 55.8 Å². The zero-order valence-corrected chi connectivity index (χ0v) is 13.9. The van der Waals surface area contributed by atoms with Crippen molar-refractivity contribution in [1.29, 1.82) is 0 Å². The van der Waals surface area contributed by atoms with E-state index in [1.807, 2.05) is 7.05 Å². The SMILES string of the molecule is CNCc1ccc(N(C)C2CCC(C)(C)CC2)cc1Cl. The minimum Gasteiger partial charge on any atom is -0.372 e. The molecule has 0 aliphatic heterocycles. The molecule has 1 N–H and O–H groups in total. The van der Waals surface area contributed by atoms with Crippen molar-refractivity contribution in [2.75, 3.05) is 19.0 Å². The van der Waals surface area contributed by atoms with Gasteiger partial charge in [0.1, 0.15) is 0 Å². The summed E-state index contributed by atoms with van der Waals surface area (Å²) >= 11 is 6.37. The van der Waals surface area contributed by atoms with Crippen LogP contribution in [0.4, 0.5) is 5.69 Å². The molecule has 0 saturated heterocycles. The van der Waals surface area contributed by atoms with E-state index in [-0.39, 0.29) is 0 Å². The van der Waals surface area contributed by atoms with Crippen molar-refractivity contribution in [1.82, 2.24) is 5.32 Å². The highest BCUT2D eigenvalue weighted by Crippen LogP contribution is 2.38. The van der Waals surface area contributed by atoms with Gasteiger partial charge in [-0.3, -0.25) is 0 Å². The van der Waals surface area contributed by atoms with Crippen LogP contribution < -0.4 is 10.2 Å². The van der Waals surface area contributed by atoms with E-state index in [0.717, 1.165) is 17.1 Å². The molecule has 0 bridgehead atoms. The van der Waals surface area contributed by atoms with E-state index in [0.29, 0.717) is 11.5 Å². The number of nitrogens with zero attached hydrogens (tertiary/aromatic N) is 1. The van der Waals surface area contributed by atoms with Crippen molar-refractivity contribution >= 4 is 17.3 Å². The summed E-state index contributed by atoms with van der Waals surface area (Å²) in [6, 6.07) is 7.08. The third-order valence-electron chi connectivity index (χ3n) is 4.67. The van der Waals surface area contributed by atoms with E-state index in [4.69, 9.17) is 11.6 Å². The number of halogens is 1. The molecular formula is C17H27ClN2. The van der Waals surface area contributed by atoms with E-state index in [1.54, 1.807) is 0 Å². The Labute approximate surface area is 128 Å². The van der Waals surface area contributed by atoms with Gasteiger partial charge in [-0.1, -0.05) is 31.5 Å². The Bertz CT molecular complexity index is 446. The summed E-state index contributed by atoms with van der Waals surface area (Å²) in [4.78, 5) is 2.41. The Morgan fingerprint density at radius 2 is 1.95 bits per heavy atom. The van der Waals surface area contributed by atoms with Gasteiger partial charge in [0.2, 0.25) is 0 Å². The highest BCUT2D eigenvalue weighted by atomic mass is 35.5. The van der Waals surface area contributed by atoms with Crippen LogP contribution in [0, 0.1) is 5.41 Å². The monoisotopic (exact) mass is 294 g/mol. The lowest BCUT2D eigenvalue weighted by molar-refractivity contribution is 0.222. The summed E-state index contributed by atoms with van der Waals surface area (Å²) in [6.45, 7) is 5.58. The second-order valence-corrected chi connectivity index (χ2v) is 7.22. The Morgan fingerprint density at radius 1 is 1.30 bits per heavy atom. The van der Waals surface area contributed by atoms with Crippen molar-refractivity contribution in [3.8, 4) is 0 Å². The second kappa shape index (κ2) is 6.36. The van der Waals surface area contributed by atoms with Crippen LogP contribution >= 0.6 is 11.6 Å². The molecule has 0 atom stereocenters. The Morgan fingerprint density at radius 3 is 2.50 bits per heavy atom. The zero-order valence-electron chi connectivity index (χ0n) is 13.2. The van der Waals surface area contributed by atoms with Gasteiger partial charge in [-0.2, -0.15) is 0 Å². The highest BCUT2D eigenvalue weighted by Gasteiger charge is 2.29. The predicted octanol–water partition coefficient (Wildman–Crippen LogP) is 4.46. The van der Waals surface area contributed by atoms with Gasteiger partial charge < -0.3 is 10.2 Å². The van der Waals surface area contributed by atoms with Gasteiger partial charge in [0, 0.05) is 30.3 Å². The van der Waals surface area contributed by atoms with Crippen molar-refractivity contribution < 1.29 is 0 Å². The molecule has 1 aliphatic carbocycles. The molecule has 2 rings (SSSR count). The first-order valence-corrected chi connectivity index (χ1v) is 7.96. The maximum atomic E-state index is 6.37. The molecule has 0 heterocycles. The molecule has 0 unspecified atom stereocenters. The van der Waals surface area contributed by atoms with E-state index in [2.05, 4.69) is 49.3 Å². The van der Waals surface area contributed by atoms with Crippen LogP contribution in [0.5, 0.6) is 0 Å². The number of hydrogen-bond donors (Lipinski definition) is 1. The average Bonchev–Trinajstić information content (AvgIpc) is 2.40. The van der Waals surface area contributed by atoms with Gasteiger partial charge in [-0.15, -0.1) is 0 Å². The first-order valence-electron chi connectivity index (χ1n) is 7.59. The molecule has 112 valence electrons. The van der Waals surface area contributed by atoms with Crippen LogP contribution in [0.2, 0.25) is 5.02 Å². The molecule has 20 heavy (non-hydrogen) atoms. The lowest BCUT2D eigenvalue weighted by Crippen LogP contribution is -2.37. The van der Waals surface area contributed by atoms with Crippen LogP contribution in [0.25, 0.3) is 0 Å². The zero-order chi connectivity index (χ0) is 14.8. The van der Waals surface area contributed by atoms with Crippen LogP contribution in [0.15, 0.2) is 18.2 Å². The quantitative estimate of drug-likeness (QED) is 0.882. The Kier molecular flexibility index (Phi) is 4.98. The maximum Gasteiger partial charge on any atom is 0.0471 e. The minimum atomic E-state index is 0.519. The molecule has 1 aliphatic rings. The summed E-state index contributed by atoms with van der Waals surface area (Å²) in [5.74, 6) is 0. The minimum absolute atomic E-state index is 0.519. The third-order valence-corrected chi connectivity index (χ3v) is 5.02. The maximum absolute atomic E-state index is 6.37. The van der Waals surface area contributed by atoms with E-state index in [9.17, 15) is 0 Å².